The summed E-state index contributed by atoms with van der Waals surface area (Å²) in [6.07, 6.45) is -2.98. The fourth-order valence-corrected chi connectivity index (χ4v) is 0.844. The Bertz CT molecular complexity index is 429. The topological polar surface area (TPSA) is 102 Å². The number of aromatic nitrogens is 1. The standard InChI is InChI=1S/C6H5F2N3O3/c7-5(8)2-1-3(11(13)14)4(9)6(12)10-2/h1,5H,9H2,(H,10,12). The molecule has 0 saturated carbocycles. The van der Waals surface area contributed by atoms with Crippen LogP contribution in [0.15, 0.2) is 10.9 Å². The zero-order valence-electron chi connectivity index (χ0n) is 6.66. The lowest BCUT2D eigenvalue weighted by Gasteiger charge is -2.00. The highest BCUT2D eigenvalue weighted by molar-refractivity contribution is 5.56. The molecule has 6 nitrogen and oxygen atoms in total. The van der Waals surface area contributed by atoms with Crippen molar-refractivity contribution in [2.45, 2.75) is 6.43 Å². The molecule has 1 rings (SSSR count). The molecule has 0 spiro atoms. The van der Waals surface area contributed by atoms with Crippen LogP contribution in [-0.2, 0) is 0 Å². The van der Waals surface area contributed by atoms with Crippen molar-refractivity contribution < 1.29 is 13.7 Å². The van der Waals surface area contributed by atoms with Crippen LogP contribution in [-0.4, -0.2) is 9.91 Å². The van der Waals surface area contributed by atoms with Crippen LogP contribution in [0.2, 0.25) is 0 Å². The Hall–Kier alpha value is -1.99. The van der Waals surface area contributed by atoms with Gasteiger partial charge in [-0.3, -0.25) is 14.9 Å². The summed E-state index contributed by atoms with van der Waals surface area (Å²) in [6.45, 7) is 0. The van der Waals surface area contributed by atoms with Crippen molar-refractivity contribution in [2.24, 2.45) is 0 Å². The van der Waals surface area contributed by atoms with Crippen LogP contribution in [0.5, 0.6) is 0 Å². The molecule has 0 aromatic carbocycles. The van der Waals surface area contributed by atoms with Crippen molar-refractivity contribution in [3.8, 4) is 0 Å². The molecule has 0 fully saturated rings. The number of nitro groups is 1. The first kappa shape index (κ1) is 10.1. The minimum absolute atomic E-state index is 0.543. The highest BCUT2D eigenvalue weighted by Crippen LogP contribution is 2.22. The number of nitrogens with two attached hydrogens (primary N) is 1. The van der Waals surface area contributed by atoms with E-state index in [1.807, 2.05) is 0 Å². The fourth-order valence-electron chi connectivity index (χ4n) is 0.844. The summed E-state index contributed by atoms with van der Waals surface area (Å²) < 4.78 is 24.2. The summed E-state index contributed by atoms with van der Waals surface area (Å²) in [6, 6.07) is 0.543. The lowest BCUT2D eigenvalue weighted by Crippen LogP contribution is -2.16. The first-order valence-corrected chi connectivity index (χ1v) is 3.38. The molecule has 0 atom stereocenters. The summed E-state index contributed by atoms with van der Waals surface area (Å²) in [5.74, 6) is 0. The van der Waals surface area contributed by atoms with Crippen molar-refractivity contribution in [1.29, 1.82) is 0 Å². The molecule has 1 aromatic heterocycles. The molecule has 1 aromatic rings. The fraction of sp³-hybridized carbons (Fsp3) is 0.167. The van der Waals surface area contributed by atoms with Crippen LogP contribution in [0, 0.1) is 10.1 Å². The molecule has 0 amide bonds. The van der Waals surface area contributed by atoms with E-state index in [4.69, 9.17) is 5.73 Å². The predicted octanol–water partition coefficient (Wildman–Crippen LogP) is 0.803. The number of hydrogen-bond donors (Lipinski definition) is 2. The maximum absolute atomic E-state index is 12.1. The van der Waals surface area contributed by atoms with E-state index in [2.05, 4.69) is 0 Å². The molecule has 1 heterocycles. The third-order valence-corrected chi connectivity index (χ3v) is 1.50. The van der Waals surface area contributed by atoms with Gasteiger partial charge in [-0.15, -0.1) is 0 Å². The summed E-state index contributed by atoms with van der Waals surface area (Å²) in [5, 5.41) is 10.3. The monoisotopic (exact) mass is 205 g/mol. The van der Waals surface area contributed by atoms with Gasteiger partial charge >= 0.3 is 0 Å². The molecular weight excluding hydrogens is 200 g/mol. The Morgan fingerprint density at radius 2 is 2.14 bits per heavy atom. The average Bonchev–Trinajstić information content (AvgIpc) is 2.08. The van der Waals surface area contributed by atoms with E-state index in [0.29, 0.717) is 6.07 Å². The van der Waals surface area contributed by atoms with E-state index < -0.39 is 34.0 Å². The SMILES string of the molecule is Nc1c([N+](=O)[O-])cc(C(F)F)[nH]c1=O. The largest absolute Gasteiger partial charge is 0.389 e. The van der Waals surface area contributed by atoms with Gasteiger partial charge in [-0.25, -0.2) is 8.78 Å². The molecule has 8 heteroatoms. The van der Waals surface area contributed by atoms with Crippen LogP contribution in [0.1, 0.15) is 12.1 Å². The lowest BCUT2D eigenvalue weighted by molar-refractivity contribution is -0.384. The molecule has 0 unspecified atom stereocenters. The molecule has 0 bridgehead atoms. The van der Waals surface area contributed by atoms with Crippen molar-refractivity contribution in [3.63, 3.8) is 0 Å². The van der Waals surface area contributed by atoms with E-state index in [0.717, 1.165) is 0 Å². The van der Waals surface area contributed by atoms with E-state index in [9.17, 15) is 23.7 Å². The lowest BCUT2D eigenvalue weighted by atomic mass is 10.3. The van der Waals surface area contributed by atoms with Gasteiger partial charge in [-0.2, -0.15) is 0 Å². The van der Waals surface area contributed by atoms with Crippen molar-refractivity contribution in [3.05, 3.63) is 32.2 Å². The minimum atomic E-state index is -2.98. The Morgan fingerprint density at radius 3 is 2.57 bits per heavy atom. The number of nitrogens with zero attached hydrogens (tertiary/aromatic N) is 1. The smallest absolute Gasteiger partial charge is 0.299 e. The third-order valence-electron chi connectivity index (χ3n) is 1.50. The second-order valence-corrected chi connectivity index (χ2v) is 2.41. The number of alkyl halides is 2. The van der Waals surface area contributed by atoms with Crippen molar-refractivity contribution in [1.82, 2.24) is 4.98 Å². The maximum atomic E-state index is 12.1. The number of hydrogen-bond acceptors (Lipinski definition) is 4. The minimum Gasteiger partial charge on any atom is -0.389 e. The molecule has 0 radical (unpaired) electrons. The van der Waals surface area contributed by atoms with Crippen LogP contribution in [0.3, 0.4) is 0 Å². The van der Waals surface area contributed by atoms with E-state index in [1.165, 1.54) is 0 Å². The molecule has 0 aliphatic heterocycles. The number of H-pyrrole nitrogens is 1. The van der Waals surface area contributed by atoms with Gasteiger partial charge in [0, 0.05) is 6.07 Å². The highest BCUT2D eigenvalue weighted by atomic mass is 19.3. The van der Waals surface area contributed by atoms with Gasteiger partial charge in [0.05, 0.1) is 10.6 Å². The van der Waals surface area contributed by atoms with Crippen molar-refractivity contribution >= 4 is 11.4 Å². The van der Waals surface area contributed by atoms with Crippen LogP contribution in [0.4, 0.5) is 20.2 Å². The van der Waals surface area contributed by atoms with Gasteiger partial charge in [0.15, 0.2) is 5.69 Å². The molecule has 76 valence electrons. The molecule has 0 aliphatic carbocycles. The number of anilines is 1. The number of halogens is 2. The summed E-state index contributed by atoms with van der Waals surface area (Å²) >= 11 is 0. The quantitative estimate of drug-likeness (QED) is 0.550. The molecular formula is C6H5F2N3O3. The number of nitrogens with one attached hydrogen (secondary N) is 1. The van der Waals surface area contributed by atoms with E-state index in [-0.39, 0.29) is 0 Å². The maximum Gasteiger partial charge on any atom is 0.299 e. The molecule has 0 saturated heterocycles. The summed E-state index contributed by atoms with van der Waals surface area (Å²) in [7, 11) is 0. The van der Waals surface area contributed by atoms with Gasteiger partial charge < -0.3 is 10.7 Å². The van der Waals surface area contributed by atoms with Crippen LogP contribution >= 0.6 is 0 Å². The number of rotatable bonds is 2. The van der Waals surface area contributed by atoms with Gasteiger partial charge in [0.25, 0.3) is 17.7 Å². The second-order valence-electron chi connectivity index (χ2n) is 2.41. The Kier molecular flexibility index (Phi) is 2.45. The molecule has 3 N–H and O–H groups in total. The number of nitrogen functional groups attached to an aromatic ring is 1. The second kappa shape index (κ2) is 3.40. The Morgan fingerprint density at radius 1 is 1.57 bits per heavy atom. The number of pyridine rings is 1. The van der Waals surface area contributed by atoms with E-state index >= 15 is 0 Å². The number of aromatic amines is 1. The van der Waals surface area contributed by atoms with Crippen molar-refractivity contribution in [2.75, 3.05) is 5.73 Å². The predicted molar refractivity (Wildman–Crippen MR) is 43.1 cm³/mol. The average molecular weight is 205 g/mol. The van der Waals surface area contributed by atoms with Gasteiger partial charge in [-0.05, 0) is 0 Å². The molecule has 0 aliphatic rings. The van der Waals surface area contributed by atoms with Gasteiger partial charge in [0.2, 0.25) is 0 Å². The van der Waals surface area contributed by atoms with Crippen LogP contribution in [0.25, 0.3) is 0 Å². The van der Waals surface area contributed by atoms with E-state index in [1.54, 1.807) is 4.98 Å². The Labute approximate surface area is 75.5 Å². The van der Waals surface area contributed by atoms with Gasteiger partial charge in [-0.1, -0.05) is 0 Å². The first-order chi connectivity index (χ1) is 6.43. The zero-order chi connectivity index (χ0) is 10.9. The zero-order valence-corrected chi connectivity index (χ0v) is 6.66. The summed E-state index contributed by atoms with van der Waals surface area (Å²) in [5.41, 5.74) is 1.61. The summed E-state index contributed by atoms with van der Waals surface area (Å²) in [4.78, 5) is 21.9. The highest BCUT2D eigenvalue weighted by Gasteiger charge is 2.19. The normalized spacial score (nSPS) is 10.5. The van der Waals surface area contributed by atoms with Gasteiger partial charge in [0.1, 0.15) is 0 Å². The van der Waals surface area contributed by atoms with Crippen LogP contribution < -0.4 is 11.3 Å². The first-order valence-electron chi connectivity index (χ1n) is 3.38. The third kappa shape index (κ3) is 1.68. The Balaban J connectivity index is 3.43. The molecule has 14 heavy (non-hydrogen) atoms.